The Balaban J connectivity index is 1.44. The number of nitrogens with one attached hydrogen (secondary N) is 1. The molecule has 4 rings (SSSR count). The monoisotopic (exact) mass is 289 g/mol. The molecule has 20 heavy (non-hydrogen) atoms. The summed E-state index contributed by atoms with van der Waals surface area (Å²) in [7, 11) is 0. The Morgan fingerprint density at radius 2 is 2.30 bits per heavy atom. The average molecular weight is 289 g/mol. The van der Waals surface area contributed by atoms with Crippen molar-refractivity contribution < 1.29 is 4.42 Å². The first-order chi connectivity index (χ1) is 9.87. The standard InChI is InChI=1S/C15H19N3OS/c1-2-14(20-7-1)15-17-13(10-19-15)9-18-6-5-11-3-4-12(8-18)16-11/h1-2,7,10-12,16H,3-6,8-9H2. The largest absolute Gasteiger partial charge is 0.444 e. The van der Waals surface area contributed by atoms with Crippen LogP contribution in [0.4, 0.5) is 0 Å². The maximum Gasteiger partial charge on any atom is 0.236 e. The first-order valence-corrected chi connectivity index (χ1v) is 8.21. The van der Waals surface area contributed by atoms with Gasteiger partial charge in [0.1, 0.15) is 6.26 Å². The predicted octanol–water partition coefficient (Wildman–Crippen LogP) is 2.73. The Hall–Kier alpha value is -1.17. The fraction of sp³-hybridized carbons (Fsp3) is 0.533. The summed E-state index contributed by atoms with van der Waals surface area (Å²) in [4.78, 5) is 8.23. The third-order valence-corrected chi connectivity index (χ3v) is 5.13. The highest BCUT2D eigenvalue weighted by molar-refractivity contribution is 7.13. The van der Waals surface area contributed by atoms with Gasteiger partial charge in [-0.05, 0) is 30.7 Å². The van der Waals surface area contributed by atoms with Gasteiger partial charge in [0, 0.05) is 31.7 Å². The molecular weight excluding hydrogens is 270 g/mol. The lowest BCUT2D eigenvalue weighted by Crippen LogP contribution is -2.35. The predicted molar refractivity (Wildman–Crippen MR) is 79.7 cm³/mol. The van der Waals surface area contributed by atoms with Crippen LogP contribution in [-0.4, -0.2) is 35.1 Å². The van der Waals surface area contributed by atoms with E-state index in [9.17, 15) is 0 Å². The van der Waals surface area contributed by atoms with Gasteiger partial charge in [-0.2, -0.15) is 0 Å². The van der Waals surface area contributed by atoms with E-state index < -0.39 is 0 Å². The lowest BCUT2D eigenvalue weighted by atomic mass is 10.1. The van der Waals surface area contributed by atoms with E-state index in [4.69, 9.17) is 4.42 Å². The van der Waals surface area contributed by atoms with Gasteiger partial charge in [-0.3, -0.25) is 4.90 Å². The van der Waals surface area contributed by atoms with Crippen LogP contribution in [0.1, 0.15) is 25.0 Å². The summed E-state index contributed by atoms with van der Waals surface area (Å²) < 4.78 is 5.60. The van der Waals surface area contributed by atoms with E-state index in [1.165, 1.54) is 19.3 Å². The van der Waals surface area contributed by atoms with E-state index in [1.54, 1.807) is 11.3 Å². The van der Waals surface area contributed by atoms with Gasteiger partial charge < -0.3 is 9.73 Å². The summed E-state index contributed by atoms with van der Waals surface area (Å²) in [5.41, 5.74) is 1.05. The molecule has 2 aliphatic heterocycles. The Bertz CT molecular complexity index is 565. The summed E-state index contributed by atoms with van der Waals surface area (Å²) in [6.07, 6.45) is 5.74. The second kappa shape index (κ2) is 5.31. The molecule has 2 aromatic heterocycles. The quantitative estimate of drug-likeness (QED) is 0.943. The van der Waals surface area contributed by atoms with Crippen LogP contribution in [-0.2, 0) is 6.54 Å². The first-order valence-electron chi connectivity index (χ1n) is 7.33. The van der Waals surface area contributed by atoms with Crippen molar-refractivity contribution in [2.24, 2.45) is 0 Å². The maximum absolute atomic E-state index is 5.60. The van der Waals surface area contributed by atoms with E-state index in [0.29, 0.717) is 6.04 Å². The molecule has 2 saturated heterocycles. The number of fused-ring (bicyclic) bond motifs is 2. The topological polar surface area (TPSA) is 41.3 Å². The summed E-state index contributed by atoms with van der Waals surface area (Å²) in [6, 6.07) is 5.49. The zero-order valence-electron chi connectivity index (χ0n) is 11.4. The molecule has 0 saturated carbocycles. The summed E-state index contributed by atoms with van der Waals surface area (Å²) in [5, 5.41) is 5.76. The molecule has 2 aromatic rings. The molecule has 2 atom stereocenters. The fourth-order valence-corrected chi connectivity index (χ4v) is 3.94. The van der Waals surface area contributed by atoms with Crippen LogP contribution in [0.15, 0.2) is 28.2 Å². The molecule has 0 spiro atoms. The van der Waals surface area contributed by atoms with E-state index in [1.807, 2.05) is 12.3 Å². The van der Waals surface area contributed by atoms with Gasteiger partial charge in [0.15, 0.2) is 0 Å². The van der Waals surface area contributed by atoms with Gasteiger partial charge in [0.2, 0.25) is 5.89 Å². The zero-order chi connectivity index (χ0) is 13.4. The lowest BCUT2D eigenvalue weighted by molar-refractivity contribution is 0.248. The molecule has 2 fully saturated rings. The number of hydrogen-bond acceptors (Lipinski definition) is 5. The van der Waals surface area contributed by atoms with Crippen LogP contribution in [0.2, 0.25) is 0 Å². The van der Waals surface area contributed by atoms with Crippen molar-refractivity contribution in [3.05, 3.63) is 29.5 Å². The van der Waals surface area contributed by atoms with Gasteiger partial charge in [-0.15, -0.1) is 11.3 Å². The molecule has 1 N–H and O–H groups in total. The van der Waals surface area contributed by atoms with Gasteiger partial charge >= 0.3 is 0 Å². The number of aromatic nitrogens is 1. The van der Waals surface area contributed by atoms with Crippen LogP contribution in [0.25, 0.3) is 10.8 Å². The fourth-order valence-electron chi connectivity index (χ4n) is 3.28. The molecule has 4 heterocycles. The Kier molecular flexibility index (Phi) is 3.34. The lowest BCUT2D eigenvalue weighted by Gasteiger charge is -2.22. The number of thiophene rings is 1. The molecule has 0 aromatic carbocycles. The minimum Gasteiger partial charge on any atom is -0.444 e. The minimum atomic E-state index is 0.672. The van der Waals surface area contributed by atoms with Crippen LogP contribution in [0, 0.1) is 0 Å². The summed E-state index contributed by atoms with van der Waals surface area (Å²) in [5.74, 6) is 0.754. The van der Waals surface area contributed by atoms with Crippen LogP contribution in [0.5, 0.6) is 0 Å². The Morgan fingerprint density at radius 3 is 3.20 bits per heavy atom. The zero-order valence-corrected chi connectivity index (χ0v) is 12.2. The number of rotatable bonds is 3. The number of hydrogen-bond donors (Lipinski definition) is 1. The molecule has 0 aliphatic carbocycles. The Labute approximate surface area is 122 Å². The summed E-state index contributed by atoms with van der Waals surface area (Å²) in [6.45, 7) is 3.20. The average Bonchev–Trinajstić information content (AvgIpc) is 3.13. The van der Waals surface area contributed by atoms with Gasteiger partial charge in [0.05, 0.1) is 10.6 Å². The van der Waals surface area contributed by atoms with Crippen molar-refractivity contribution in [3.8, 4) is 10.8 Å². The van der Waals surface area contributed by atoms with Crippen molar-refractivity contribution in [1.82, 2.24) is 15.2 Å². The van der Waals surface area contributed by atoms with Crippen LogP contribution >= 0.6 is 11.3 Å². The third-order valence-electron chi connectivity index (χ3n) is 4.28. The third kappa shape index (κ3) is 2.53. The van der Waals surface area contributed by atoms with E-state index >= 15 is 0 Å². The summed E-state index contributed by atoms with van der Waals surface area (Å²) >= 11 is 1.67. The highest BCUT2D eigenvalue weighted by Gasteiger charge is 2.29. The molecule has 0 radical (unpaired) electrons. The van der Waals surface area contributed by atoms with Crippen LogP contribution < -0.4 is 5.32 Å². The molecule has 2 unspecified atom stereocenters. The molecule has 0 amide bonds. The normalized spacial score (nSPS) is 26.8. The van der Waals surface area contributed by atoms with Gasteiger partial charge in [0.25, 0.3) is 0 Å². The second-order valence-electron chi connectivity index (χ2n) is 5.78. The highest BCUT2D eigenvalue weighted by Crippen LogP contribution is 2.25. The SMILES string of the molecule is c1csc(-c2nc(CN3CCC4CCC(C3)N4)co2)c1. The molecule has 106 valence electrons. The van der Waals surface area contributed by atoms with Crippen molar-refractivity contribution in [2.75, 3.05) is 13.1 Å². The smallest absolute Gasteiger partial charge is 0.236 e. The van der Waals surface area contributed by atoms with Gasteiger partial charge in [-0.25, -0.2) is 4.98 Å². The molecule has 2 bridgehead atoms. The molecule has 2 aliphatic rings. The van der Waals surface area contributed by atoms with Crippen molar-refractivity contribution in [1.29, 1.82) is 0 Å². The molecular formula is C15H19N3OS. The number of nitrogens with zero attached hydrogens (tertiary/aromatic N) is 2. The van der Waals surface area contributed by atoms with Crippen LogP contribution in [0.3, 0.4) is 0 Å². The van der Waals surface area contributed by atoms with Gasteiger partial charge in [-0.1, -0.05) is 6.07 Å². The highest BCUT2D eigenvalue weighted by atomic mass is 32.1. The molecule has 4 nitrogen and oxygen atoms in total. The van der Waals surface area contributed by atoms with Crippen molar-refractivity contribution in [2.45, 2.75) is 37.9 Å². The number of likely N-dealkylation sites (tertiary alicyclic amines) is 1. The van der Waals surface area contributed by atoms with Crippen molar-refractivity contribution >= 4 is 11.3 Å². The van der Waals surface area contributed by atoms with E-state index in [-0.39, 0.29) is 0 Å². The number of oxazole rings is 1. The van der Waals surface area contributed by atoms with E-state index in [2.05, 4.69) is 26.6 Å². The first kappa shape index (κ1) is 12.6. The Morgan fingerprint density at radius 1 is 1.35 bits per heavy atom. The molecule has 5 heteroatoms. The minimum absolute atomic E-state index is 0.672. The van der Waals surface area contributed by atoms with E-state index in [0.717, 1.165) is 42.1 Å². The maximum atomic E-state index is 5.60. The van der Waals surface area contributed by atoms with Crippen molar-refractivity contribution in [3.63, 3.8) is 0 Å². The second-order valence-corrected chi connectivity index (χ2v) is 6.73.